The molecule has 1 aliphatic rings. The van der Waals surface area contributed by atoms with Gasteiger partial charge in [-0.05, 0) is 60.7 Å². The molecule has 0 radical (unpaired) electrons. The Hall–Kier alpha value is -6.74. The van der Waals surface area contributed by atoms with E-state index in [-0.39, 0.29) is 0 Å². The molecule has 5 aromatic carbocycles. The van der Waals surface area contributed by atoms with Crippen molar-refractivity contribution in [3.8, 4) is 17.3 Å². The number of para-hydroxylation sites is 3. The highest BCUT2D eigenvalue weighted by Gasteiger charge is 2.23. The topological polar surface area (TPSA) is 77.1 Å². The average Bonchev–Trinajstić information content (AvgIpc) is 3.94. The van der Waals surface area contributed by atoms with Crippen LogP contribution in [0, 0.1) is 0 Å². The number of anilines is 1. The van der Waals surface area contributed by atoms with Crippen molar-refractivity contribution in [3.63, 3.8) is 0 Å². The molecule has 0 unspecified atom stereocenters. The van der Waals surface area contributed by atoms with Gasteiger partial charge in [0, 0.05) is 65.0 Å². The first kappa shape index (κ1) is 26.3. The lowest BCUT2D eigenvalue weighted by atomic mass is 10.0. The van der Waals surface area contributed by atoms with Crippen molar-refractivity contribution < 1.29 is 13.6 Å². The predicted molar refractivity (Wildman–Crippen MR) is 193 cm³/mol. The van der Waals surface area contributed by atoms with Crippen LogP contribution in [0.1, 0.15) is 0 Å². The molecule has 9 heteroatoms. The minimum atomic E-state index is 0.623. The number of hydrogen-bond donors (Lipinski definition) is 0. The predicted octanol–water partition coefficient (Wildman–Crippen LogP) is 9.60. The van der Waals surface area contributed by atoms with Gasteiger partial charge in [-0.2, -0.15) is 0 Å². The minimum absolute atomic E-state index is 0.623. The fraction of sp³-hybridized carbons (Fsp3) is 0.0500. The summed E-state index contributed by atoms with van der Waals surface area (Å²) in [6.45, 7) is 0.724. The summed E-state index contributed by atoms with van der Waals surface area (Å²) >= 11 is 0. The lowest BCUT2D eigenvalue weighted by molar-refractivity contribution is 0.475. The summed E-state index contributed by atoms with van der Waals surface area (Å²) < 4.78 is 24.0. The zero-order valence-electron chi connectivity index (χ0n) is 26.2. The molecule has 5 aromatic heterocycles. The van der Waals surface area contributed by atoms with Crippen LogP contribution in [0.5, 0.6) is 11.5 Å². The number of aromatic nitrogens is 4. The first-order valence-corrected chi connectivity index (χ1v) is 16.1. The van der Waals surface area contributed by atoms with E-state index >= 15 is 0 Å². The van der Waals surface area contributed by atoms with Crippen molar-refractivity contribution in [3.05, 3.63) is 128 Å². The van der Waals surface area contributed by atoms with E-state index in [0.717, 1.165) is 84.3 Å². The lowest BCUT2D eigenvalue weighted by Gasteiger charge is -2.19. The highest BCUT2D eigenvalue weighted by atomic mass is 16.5. The molecule has 0 bridgehead atoms. The van der Waals surface area contributed by atoms with Crippen molar-refractivity contribution in [1.82, 2.24) is 23.8 Å². The van der Waals surface area contributed by atoms with Gasteiger partial charge in [0.05, 0.1) is 28.7 Å². The number of benzene rings is 5. The van der Waals surface area contributed by atoms with Gasteiger partial charge in [-0.25, -0.2) is 9.97 Å². The normalized spacial score (nSPS) is 13.6. The quantitative estimate of drug-likeness (QED) is 0.190. The number of imidazole rings is 2. The van der Waals surface area contributed by atoms with Crippen LogP contribution in [0.4, 0.5) is 5.69 Å². The summed E-state index contributed by atoms with van der Waals surface area (Å²) in [6.07, 6.45) is 5.95. The maximum absolute atomic E-state index is 6.84. The van der Waals surface area contributed by atoms with E-state index in [4.69, 9.17) is 23.5 Å². The molecule has 0 fully saturated rings. The molecule has 6 heterocycles. The largest absolute Gasteiger partial charge is 0.456 e. The maximum Gasteiger partial charge on any atom is 0.221 e. The molecule has 0 saturated carbocycles. The van der Waals surface area contributed by atoms with Crippen molar-refractivity contribution >= 4 is 77.4 Å². The molecule has 0 atom stereocenters. The molecule has 10 aromatic rings. The molecule has 0 N–H and O–H groups in total. The Labute approximate surface area is 278 Å². The zero-order chi connectivity index (χ0) is 32.2. The van der Waals surface area contributed by atoms with Gasteiger partial charge in [0.15, 0.2) is 11.3 Å². The van der Waals surface area contributed by atoms with Crippen LogP contribution in [0.2, 0.25) is 0 Å². The second-order valence-corrected chi connectivity index (χ2v) is 12.5. The zero-order valence-corrected chi connectivity index (χ0v) is 26.2. The van der Waals surface area contributed by atoms with Gasteiger partial charge in [-0.1, -0.05) is 36.4 Å². The minimum Gasteiger partial charge on any atom is -0.456 e. The molecule has 9 nitrogen and oxygen atoms in total. The third-order valence-corrected chi connectivity index (χ3v) is 9.51. The summed E-state index contributed by atoms with van der Waals surface area (Å²) in [7, 11) is 2.06. The van der Waals surface area contributed by atoms with E-state index in [1.165, 1.54) is 0 Å². The fourth-order valence-corrected chi connectivity index (χ4v) is 7.36. The van der Waals surface area contributed by atoms with Gasteiger partial charge in [-0.3, -0.25) is 8.97 Å². The Kier molecular flexibility index (Phi) is 5.19. The highest BCUT2D eigenvalue weighted by Crippen LogP contribution is 2.45. The summed E-state index contributed by atoms with van der Waals surface area (Å²) in [5.41, 5.74) is 8.01. The second kappa shape index (κ2) is 9.65. The number of ether oxygens (including phenoxy) is 1. The molecule has 1 aliphatic heterocycles. The molecule has 0 amide bonds. The van der Waals surface area contributed by atoms with Crippen molar-refractivity contribution in [2.24, 2.45) is 0 Å². The molecule has 234 valence electrons. The summed E-state index contributed by atoms with van der Waals surface area (Å²) in [6, 6.07) is 36.6. The monoisotopic (exact) mass is 638 g/mol. The molecular weight excluding hydrogens is 612 g/mol. The first-order valence-electron chi connectivity index (χ1n) is 16.1. The van der Waals surface area contributed by atoms with Gasteiger partial charge < -0.3 is 23.4 Å². The Morgan fingerprint density at radius 2 is 1.53 bits per heavy atom. The van der Waals surface area contributed by atoms with E-state index in [9.17, 15) is 0 Å². The fourth-order valence-electron chi connectivity index (χ4n) is 7.36. The lowest BCUT2D eigenvalue weighted by Crippen LogP contribution is -2.21. The van der Waals surface area contributed by atoms with E-state index in [0.29, 0.717) is 17.1 Å². The van der Waals surface area contributed by atoms with Gasteiger partial charge >= 0.3 is 0 Å². The number of hydrogen-bond acceptors (Lipinski definition) is 7. The number of rotatable bonds is 4. The Morgan fingerprint density at radius 1 is 0.694 bits per heavy atom. The number of furan rings is 2. The summed E-state index contributed by atoms with van der Waals surface area (Å²) in [5.74, 6) is 2.85. The number of nitrogens with zero attached hydrogens (tertiary/aromatic N) is 6. The molecule has 11 rings (SSSR count). The van der Waals surface area contributed by atoms with Gasteiger partial charge in [0.1, 0.15) is 28.3 Å². The van der Waals surface area contributed by atoms with E-state index in [2.05, 4.69) is 74.6 Å². The Morgan fingerprint density at radius 3 is 2.41 bits per heavy atom. The van der Waals surface area contributed by atoms with E-state index in [1.807, 2.05) is 72.8 Å². The molecule has 0 aliphatic carbocycles. The average molecular weight is 639 g/mol. The molecule has 0 spiro atoms. The maximum atomic E-state index is 6.84. The number of fused-ring (bicyclic) bond motifs is 12. The smallest absolute Gasteiger partial charge is 0.221 e. The highest BCUT2D eigenvalue weighted by molar-refractivity contribution is 6.26. The van der Waals surface area contributed by atoms with E-state index in [1.54, 1.807) is 6.20 Å². The van der Waals surface area contributed by atoms with Crippen LogP contribution in [-0.2, 0) is 0 Å². The van der Waals surface area contributed by atoms with Crippen LogP contribution < -0.4 is 9.64 Å². The molecular formula is C40H26N6O3. The van der Waals surface area contributed by atoms with Crippen molar-refractivity contribution in [1.29, 1.82) is 0 Å². The molecule has 49 heavy (non-hydrogen) atoms. The number of pyridine rings is 1. The van der Waals surface area contributed by atoms with Crippen molar-refractivity contribution in [2.75, 3.05) is 18.6 Å². The third-order valence-electron chi connectivity index (χ3n) is 9.51. The standard InChI is InChI=1S/C40H26N6O3/c1-43-18-19-44(23-43)24-20-27-38-34(16-15-33-37(38)26-8-2-5-11-32(26)48-33)49-39(27)35(21-24)47-25-13-14-30-31(22-25)46(36-12-6-7-17-41-36)40-42-28-9-3-4-10-29(28)45(30)40/h2-22H,23H2,1H3. The van der Waals surface area contributed by atoms with Gasteiger partial charge in [-0.15, -0.1) is 0 Å². The van der Waals surface area contributed by atoms with Gasteiger partial charge in [0.2, 0.25) is 5.78 Å². The first-order chi connectivity index (χ1) is 24.2. The van der Waals surface area contributed by atoms with Crippen LogP contribution in [-0.4, -0.2) is 37.6 Å². The SMILES string of the molecule is CN1C=CN(c2cc(Oc3ccc4c(c3)n(-c3ccccn3)c3nc5ccccc5n43)c3oc4ccc5oc6ccccc6c5c4c3c2)C1. The van der Waals surface area contributed by atoms with Crippen LogP contribution >= 0.6 is 0 Å². The third kappa shape index (κ3) is 3.75. The summed E-state index contributed by atoms with van der Waals surface area (Å²) in [5, 5.41) is 4.06. The van der Waals surface area contributed by atoms with Crippen LogP contribution in [0.15, 0.2) is 137 Å². The summed E-state index contributed by atoms with van der Waals surface area (Å²) in [4.78, 5) is 14.1. The van der Waals surface area contributed by atoms with Crippen LogP contribution in [0.3, 0.4) is 0 Å². The second-order valence-electron chi connectivity index (χ2n) is 12.5. The Bertz CT molecular complexity index is 2980. The Balaban J connectivity index is 1.15. The van der Waals surface area contributed by atoms with Crippen LogP contribution in [0.25, 0.3) is 77.5 Å². The van der Waals surface area contributed by atoms with E-state index < -0.39 is 0 Å². The van der Waals surface area contributed by atoms with Gasteiger partial charge in [0.25, 0.3) is 0 Å². The molecule has 0 saturated heterocycles. The van der Waals surface area contributed by atoms with Crippen molar-refractivity contribution in [2.45, 2.75) is 0 Å².